The van der Waals surface area contributed by atoms with E-state index in [9.17, 15) is 4.79 Å². The number of amides is 1. The molecule has 2 fully saturated rings. The number of guanidine groups is 1. The van der Waals surface area contributed by atoms with Crippen LogP contribution in [0.1, 0.15) is 44.6 Å². The topological polar surface area (TPSA) is 74.8 Å². The number of hydrogen-bond donors (Lipinski definition) is 3. The first kappa shape index (κ1) is 24.3. The van der Waals surface area contributed by atoms with Crippen LogP contribution in [0.2, 0.25) is 0 Å². The zero-order valence-corrected chi connectivity index (χ0v) is 20.4. The molecule has 3 unspecified atom stereocenters. The van der Waals surface area contributed by atoms with Gasteiger partial charge in [-0.05, 0) is 63.0 Å². The van der Waals surface area contributed by atoms with Crippen LogP contribution in [0.3, 0.4) is 0 Å². The zero-order valence-electron chi connectivity index (χ0n) is 17.3. The largest absolute Gasteiger partial charge is 0.368 e. The minimum atomic E-state index is -0.317. The molecule has 3 rings (SSSR count). The van der Waals surface area contributed by atoms with Gasteiger partial charge in [0.2, 0.25) is 0 Å². The van der Waals surface area contributed by atoms with Crippen LogP contribution in [0.5, 0.6) is 0 Å². The Morgan fingerprint density at radius 2 is 2.17 bits per heavy atom. The third-order valence-electron chi connectivity index (χ3n) is 5.24. The molecule has 1 heterocycles. The second kappa shape index (κ2) is 12.6. The van der Waals surface area contributed by atoms with Crippen molar-refractivity contribution in [1.29, 1.82) is 0 Å². The Bertz CT molecular complexity index is 682. The van der Waals surface area contributed by atoms with E-state index in [1.54, 1.807) is 0 Å². The van der Waals surface area contributed by atoms with Crippen molar-refractivity contribution < 1.29 is 9.53 Å². The highest BCUT2D eigenvalue weighted by molar-refractivity contribution is 14.0. The van der Waals surface area contributed by atoms with Crippen LogP contribution in [0, 0.1) is 0 Å². The van der Waals surface area contributed by atoms with Crippen molar-refractivity contribution in [3.8, 4) is 0 Å². The van der Waals surface area contributed by atoms with E-state index in [0.717, 1.165) is 41.8 Å². The van der Waals surface area contributed by atoms with E-state index < -0.39 is 0 Å². The molecule has 3 N–H and O–H groups in total. The molecule has 1 aromatic carbocycles. The molecule has 0 spiro atoms. The van der Waals surface area contributed by atoms with Gasteiger partial charge in [0.1, 0.15) is 6.10 Å². The van der Waals surface area contributed by atoms with E-state index >= 15 is 0 Å². The predicted molar refractivity (Wildman–Crippen MR) is 132 cm³/mol. The van der Waals surface area contributed by atoms with Crippen molar-refractivity contribution in [3.05, 3.63) is 29.8 Å². The Morgan fingerprint density at radius 1 is 1.31 bits per heavy atom. The van der Waals surface area contributed by atoms with Gasteiger partial charge in [-0.1, -0.05) is 12.1 Å². The summed E-state index contributed by atoms with van der Waals surface area (Å²) in [7, 11) is 0. The number of halogens is 1. The maximum atomic E-state index is 12.2. The minimum Gasteiger partial charge on any atom is -0.368 e. The normalized spacial score (nSPS) is 24.1. The molecule has 1 aromatic rings. The van der Waals surface area contributed by atoms with Crippen LogP contribution < -0.4 is 16.0 Å². The quantitative estimate of drug-likeness (QED) is 0.283. The number of carbonyl (C=O) groups excluding carboxylic acids is 1. The van der Waals surface area contributed by atoms with Crippen LogP contribution in [0.15, 0.2) is 29.3 Å². The summed E-state index contributed by atoms with van der Waals surface area (Å²) in [5.74, 6) is 0.806. The van der Waals surface area contributed by atoms with Crippen LogP contribution in [0.25, 0.3) is 0 Å². The van der Waals surface area contributed by atoms with E-state index in [-0.39, 0.29) is 36.0 Å². The number of rotatable bonds is 7. The fourth-order valence-corrected chi connectivity index (χ4v) is 4.52. The summed E-state index contributed by atoms with van der Waals surface area (Å²) in [4.78, 5) is 17.0. The molecule has 1 saturated heterocycles. The molecule has 0 bridgehead atoms. The lowest BCUT2D eigenvalue weighted by molar-refractivity contribution is -0.124. The molecular formula is C21H33IN4O2S. The first-order valence-corrected chi connectivity index (χ1v) is 11.6. The van der Waals surface area contributed by atoms with Crippen LogP contribution >= 0.6 is 35.7 Å². The van der Waals surface area contributed by atoms with E-state index in [4.69, 9.17) is 9.73 Å². The number of benzene rings is 1. The second-order valence-electron chi connectivity index (χ2n) is 7.40. The standard InChI is InChI=1S/C21H32N4O2S.HI/c1-3-22-21(25-17-9-10-18(13-17)28-2)23-14-15-6-4-7-16(12-15)24-20(26)19-8-5-11-27-19;/h4,6-7,12,17-19H,3,5,8-11,13-14H2,1-2H3,(H,24,26)(H2,22,23,25);1H. The molecule has 29 heavy (non-hydrogen) atoms. The van der Waals surface area contributed by atoms with Gasteiger partial charge in [-0.25, -0.2) is 4.99 Å². The van der Waals surface area contributed by atoms with Gasteiger partial charge in [-0.3, -0.25) is 4.79 Å². The lowest BCUT2D eigenvalue weighted by Gasteiger charge is -2.17. The summed E-state index contributed by atoms with van der Waals surface area (Å²) >= 11 is 1.96. The first-order chi connectivity index (χ1) is 13.7. The molecule has 1 aliphatic carbocycles. The van der Waals surface area contributed by atoms with Crippen molar-refractivity contribution in [1.82, 2.24) is 10.6 Å². The first-order valence-electron chi connectivity index (χ1n) is 10.3. The van der Waals surface area contributed by atoms with E-state index in [2.05, 4.69) is 29.1 Å². The zero-order chi connectivity index (χ0) is 19.8. The molecule has 1 aliphatic heterocycles. The molecule has 6 nitrogen and oxygen atoms in total. The van der Waals surface area contributed by atoms with Crippen LogP contribution in [-0.4, -0.2) is 48.7 Å². The van der Waals surface area contributed by atoms with Crippen LogP contribution in [0.4, 0.5) is 5.69 Å². The second-order valence-corrected chi connectivity index (χ2v) is 8.54. The van der Waals surface area contributed by atoms with Crippen molar-refractivity contribution in [2.45, 2.75) is 63.0 Å². The maximum absolute atomic E-state index is 12.2. The van der Waals surface area contributed by atoms with Crippen molar-refractivity contribution in [3.63, 3.8) is 0 Å². The number of thioether (sulfide) groups is 1. The molecule has 162 valence electrons. The number of nitrogens with one attached hydrogen (secondary N) is 3. The minimum absolute atomic E-state index is 0. The summed E-state index contributed by atoms with van der Waals surface area (Å²) in [6, 6.07) is 8.38. The van der Waals surface area contributed by atoms with Gasteiger partial charge in [-0.2, -0.15) is 11.8 Å². The number of hydrogen-bond acceptors (Lipinski definition) is 4. The third-order valence-corrected chi connectivity index (χ3v) is 6.33. The van der Waals surface area contributed by atoms with Gasteiger partial charge in [0.05, 0.1) is 6.54 Å². The van der Waals surface area contributed by atoms with E-state index in [1.807, 2.05) is 36.0 Å². The fraction of sp³-hybridized carbons (Fsp3) is 0.619. The molecule has 2 aliphatic rings. The summed E-state index contributed by atoms with van der Waals surface area (Å²) in [5.41, 5.74) is 1.86. The number of ether oxygens (including phenoxy) is 1. The number of aliphatic imine (C=N–C) groups is 1. The van der Waals surface area contributed by atoms with E-state index in [1.165, 1.54) is 19.3 Å². The molecule has 1 amide bonds. The van der Waals surface area contributed by atoms with Crippen LogP contribution in [-0.2, 0) is 16.1 Å². The molecule has 0 radical (unpaired) electrons. The monoisotopic (exact) mass is 532 g/mol. The fourth-order valence-electron chi connectivity index (χ4n) is 3.72. The van der Waals surface area contributed by atoms with Gasteiger partial charge in [0.25, 0.3) is 5.91 Å². The smallest absolute Gasteiger partial charge is 0.253 e. The molecule has 3 atom stereocenters. The Balaban J connectivity index is 0.00000300. The molecule has 0 aromatic heterocycles. The SMILES string of the molecule is CCNC(=NCc1cccc(NC(=O)C2CCCO2)c1)NC1CCC(SC)C1.I. The molecule has 1 saturated carbocycles. The average molecular weight is 532 g/mol. The number of carbonyl (C=O) groups is 1. The Labute approximate surface area is 195 Å². The highest BCUT2D eigenvalue weighted by Gasteiger charge is 2.25. The summed E-state index contributed by atoms with van der Waals surface area (Å²) in [6.45, 7) is 4.16. The maximum Gasteiger partial charge on any atom is 0.253 e. The number of anilines is 1. The van der Waals surface area contributed by atoms with E-state index in [0.29, 0.717) is 19.2 Å². The highest BCUT2D eigenvalue weighted by Crippen LogP contribution is 2.28. The third kappa shape index (κ3) is 7.64. The van der Waals surface area contributed by atoms with Gasteiger partial charge in [0.15, 0.2) is 5.96 Å². The number of nitrogens with zero attached hydrogens (tertiary/aromatic N) is 1. The van der Waals surface area contributed by atoms with Gasteiger partial charge in [0, 0.05) is 30.1 Å². The summed E-state index contributed by atoms with van der Waals surface area (Å²) in [6.07, 6.45) is 7.28. The molecule has 8 heteroatoms. The Hall–Kier alpha value is -1.00. The van der Waals surface area contributed by atoms with Crippen molar-refractivity contribution in [2.24, 2.45) is 4.99 Å². The molecular weight excluding hydrogens is 499 g/mol. The lowest BCUT2D eigenvalue weighted by atomic mass is 10.2. The van der Waals surface area contributed by atoms with Crippen molar-refractivity contribution in [2.75, 3.05) is 24.7 Å². The van der Waals surface area contributed by atoms with Gasteiger partial charge in [-0.15, -0.1) is 24.0 Å². The Kier molecular flexibility index (Phi) is 10.6. The van der Waals surface area contributed by atoms with Gasteiger partial charge >= 0.3 is 0 Å². The van der Waals surface area contributed by atoms with Gasteiger partial charge < -0.3 is 20.7 Å². The summed E-state index contributed by atoms with van der Waals surface area (Å²) in [5, 5.41) is 10.6. The predicted octanol–water partition coefficient (Wildman–Crippen LogP) is 3.76. The summed E-state index contributed by atoms with van der Waals surface area (Å²) < 4.78 is 5.45. The van der Waals surface area contributed by atoms with Crippen molar-refractivity contribution >= 4 is 53.3 Å². The average Bonchev–Trinajstić information content (AvgIpc) is 3.38. The lowest BCUT2D eigenvalue weighted by Crippen LogP contribution is -2.42. The highest BCUT2D eigenvalue weighted by atomic mass is 127. The Morgan fingerprint density at radius 3 is 2.86 bits per heavy atom.